The third-order valence-electron chi connectivity index (χ3n) is 5.68. The number of nitriles is 1. The van der Waals surface area contributed by atoms with E-state index in [1.54, 1.807) is 66.9 Å². The van der Waals surface area contributed by atoms with Crippen LogP contribution in [-0.4, -0.2) is 28.9 Å². The Kier molecular flexibility index (Phi) is 5.07. The van der Waals surface area contributed by atoms with Crippen LogP contribution >= 0.6 is 0 Å². The minimum atomic E-state index is -0.947. The van der Waals surface area contributed by atoms with Gasteiger partial charge in [0.1, 0.15) is 0 Å². The predicted molar refractivity (Wildman–Crippen MR) is 122 cm³/mol. The molecule has 1 aliphatic rings. The number of benzene rings is 2. The molecule has 166 valence electrons. The van der Waals surface area contributed by atoms with E-state index in [-0.39, 0.29) is 11.3 Å². The summed E-state index contributed by atoms with van der Waals surface area (Å²) in [5.74, 6) is -1.62. The number of rotatable bonds is 5. The normalized spacial score (nSPS) is 15.6. The van der Waals surface area contributed by atoms with E-state index in [0.29, 0.717) is 33.5 Å². The SMILES string of the molecule is COc1cccc2cc(C(=O)C3=C(O)C(=O)N(c4ccc(C#N)cc4)C3c3cccnc3)oc12. The van der Waals surface area contributed by atoms with Gasteiger partial charge in [-0.2, -0.15) is 5.26 Å². The summed E-state index contributed by atoms with van der Waals surface area (Å²) in [5.41, 5.74) is 1.62. The zero-order valence-corrected chi connectivity index (χ0v) is 17.9. The second-order valence-electron chi connectivity index (χ2n) is 7.60. The van der Waals surface area contributed by atoms with Gasteiger partial charge in [0.05, 0.1) is 30.4 Å². The zero-order chi connectivity index (χ0) is 23.8. The van der Waals surface area contributed by atoms with Gasteiger partial charge in [0.25, 0.3) is 5.91 Å². The molecule has 0 spiro atoms. The molecule has 0 saturated carbocycles. The Morgan fingerprint density at radius 1 is 1.18 bits per heavy atom. The lowest BCUT2D eigenvalue weighted by molar-refractivity contribution is -0.117. The molecule has 2 aromatic carbocycles. The van der Waals surface area contributed by atoms with Crippen molar-refractivity contribution in [2.24, 2.45) is 0 Å². The fraction of sp³-hybridized carbons (Fsp3) is 0.0769. The van der Waals surface area contributed by atoms with Gasteiger partial charge < -0.3 is 14.3 Å². The number of nitrogens with zero attached hydrogens (tertiary/aromatic N) is 3. The second-order valence-corrected chi connectivity index (χ2v) is 7.60. The van der Waals surface area contributed by atoms with Crippen molar-refractivity contribution in [2.75, 3.05) is 12.0 Å². The van der Waals surface area contributed by atoms with Crippen LogP contribution in [0.3, 0.4) is 0 Å². The summed E-state index contributed by atoms with van der Waals surface area (Å²) < 4.78 is 11.1. The Hall–Kier alpha value is -4.90. The number of hydrogen-bond acceptors (Lipinski definition) is 7. The zero-order valence-electron chi connectivity index (χ0n) is 17.9. The number of methoxy groups -OCH3 is 1. The molecule has 0 aliphatic carbocycles. The number of aliphatic hydroxyl groups excluding tert-OH is 1. The predicted octanol–water partition coefficient (Wildman–Crippen LogP) is 4.49. The highest BCUT2D eigenvalue weighted by molar-refractivity contribution is 6.20. The quantitative estimate of drug-likeness (QED) is 0.444. The molecule has 0 radical (unpaired) electrons. The molecule has 1 aliphatic heterocycles. The van der Waals surface area contributed by atoms with Gasteiger partial charge >= 0.3 is 0 Å². The Labute approximate surface area is 193 Å². The molecule has 34 heavy (non-hydrogen) atoms. The van der Waals surface area contributed by atoms with E-state index in [1.807, 2.05) is 6.07 Å². The average Bonchev–Trinajstić information content (AvgIpc) is 3.43. The maximum absolute atomic E-state index is 13.6. The van der Waals surface area contributed by atoms with Gasteiger partial charge in [-0.15, -0.1) is 0 Å². The molecule has 4 aromatic rings. The van der Waals surface area contributed by atoms with Crippen LogP contribution in [0.2, 0.25) is 0 Å². The van der Waals surface area contributed by atoms with E-state index in [1.165, 1.54) is 18.2 Å². The van der Waals surface area contributed by atoms with Crippen molar-refractivity contribution in [3.63, 3.8) is 0 Å². The fourth-order valence-electron chi connectivity index (χ4n) is 4.09. The molecule has 1 unspecified atom stereocenters. The van der Waals surface area contributed by atoms with Gasteiger partial charge in [0.15, 0.2) is 22.9 Å². The van der Waals surface area contributed by atoms with Crippen molar-refractivity contribution in [3.8, 4) is 11.8 Å². The van der Waals surface area contributed by atoms with Gasteiger partial charge in [-0.25, -0.2) is 0 Å². The number of Topliss-reactive ketones (excluding diaryl/α,β-unsaturated/α-hetero) is 1. The maximum Gasteiger partial charge on any atom is 0.294 e. The van der Waals surface area contributed by atoms with Crippen LogP contribution in [0, 0.1) is 11.3 Å². The summed E-state index contributed by atoms with van der Waals surface area (Å²) >= 11 is 0. The summed E-state index contributed by atoms with van der Waals surface area (Å²) in [6, 6.07) is 17.6. The molecule has 3 heterocycles. The summed E-state index contributed by atoms with van der Waals surface area (Å²) in [7, 11) is 1.50. The number of pyridine rings is 1. The molecule has 1 N–H and O–H groups in total. The number of amides is 1. The number of para-hydroxylation sites is 1. The van der Waals surface area contributed by atoms with Gasteiger partial charge in [-0.05, 0) is 48.0 Å². The van der Waals surface area contributed by atoms with Crippen molar-refractivity contribution in [1.82, 2.24) is 4.98 Å². The van der Waals surface area contributed by atoms with Gasteiger partial charge in [0.2, 0.25) is 5.78 Å². The summed E-state index contributed by atoms with van der Waals surface area (Å²) in [6.45, 7) is 0. The number of carbonyl (C=O) groups is 2. The Morgan fingerprint density at radius 3 is 2.65 bits per heavy atom. The molecule has 2 aromatic heterocycles. The number of anilines is 1. The number of fused-ring (bicyclic) bond motifs is 1. The molecule has 8 heteroatoms. The largest absolute Gasteiger partial charge is 0.503 e. The number of aromatic nitrogens is 1. The summed E-state index contributed by atoms with van der Waals surface area (Å²) in [5, 5.41) is 20.6. The molecule has 0 saturated heterocycles. The molecule has 1 atom stereocenters. The van der Waals surface area contributed by atoms with Crippen molar-refractivity contribution in [1.29, 1.82) is 5.26 Å². The highest BCUT2D eigenvalue weighted by Gasteiger charge is 2.45. The highest BCUT2D eigenvalue weighted by Crippen LogP contribution is 2.42. The number of ketones is 1. The van der Waals surface area contributed by atoms with E-state index < -0.39 is 23.5 Å². The smallest absolute Gasteiger partial charge is 0.294 e. The Balaban J connectivity index is 1.64. The van der Waals surface area contributed by atoms with Gasteiger partial charge in [0, 0.05) is 23.5 Å². The standard InChI is InChI=1S/C26H17N3O5/c1-33-19-6-2-4-16-12-20(34-25(16)19)23(30)21-22(17-5-3-11-28-14-17)29(26(32)24(21)31)18-9-7-15(13-27)8-10-18/h2-12,14,22,31H,1H3. The van der Waals surface area contributed by atoms with Crippen molar-refractivity contribution in [2.45, 2.75) is 6.04 Å². The van der Waals surface area contributed by atoms with Crippen LogP contribution < -0.4 is 9.64 Å². The summed E-state index contributed by atoms with van der Waals surface area (Å²) in [4.78, 5) is 32.3. The molecule has 0 bridgehead atoms. The first kappa shape index (κ1) is 21.0. The average molecular weight is 451 g/mol. The molecular formula is C26H17N3O5. The van der Waals surface area contributed by atoms with E-state index in [2.05, 4.69) is 4.98 Å². The third kappa shape index (κ3) is 3.27. The van der Waals surface area contributed by atoms with Crippen LogP contribution in [0.4, 0.5) is 5.69 Å². The molecular weight excluding hydrogens is 434 g/mol. The number of ether oxygens (including phenoxy) is 1. The van der Waals surface area contributed by atoms with Gasteiger partial charge in [-0.1, -0.05) is 18.2 Å². The van der Waals surface area contributed by atoms with E-state index >= 15 is 0 Å². The van der Waals surface area contributed by atoms with Crippen molar-refractivity contribution < 1.29 is 23.8 Å². The lowest BCUT2D eigenvalue weighted by Crippen LogP contribution is -2.31. The summed E-state index contributed by atoms with van der Waals surface area (Å²) in [6.07, 6.45) is 3.10. The maximum atomic E-state index is 13.6. The molecule has 5 rings (SSSR count). The lowest BCUT2D eigenvalue weighted by atomic mass is 9.96. The highest BCUT2D eigenvalue weighted by atomic mass is 16.5. The van der Waals surface area contributed by atoms with Crippen LogP contribution in [0.5, 0.6) is 5.75 Å². The van der Waals surface area contributed by atoms with E-state index in [4.69, 9.17) is 14.4 Å². The van der Waals surface area contributed by atoms with Crippen LogP contribution in [0.1, 0.15) is 27.7 Å². The monoisotopic (exact) mass is 451 g/mol. The van der Waals surface area contributed by atoms with Gasteiger partial charge in [-0.3, -0.25) is 19.5 Å². The van der Waals surface area contributed by atoms with Crippen LogP contribution in [-0.2, 0) is 4.79 Å². The topological polar surface area (TPSA) is 117 Å². The second kappa shape index (κ2) is 8.22. The molecule has 0 fully saturated rings. The van der Waals surface area contributed by atoms with Crippen molar-refractivity contribution >= 4 is 28.3 Å². The fourth-order valence-corrected chi connectivity index (χ4v) is 4.09. The Bertz CT molecular complexity index is 1500. The first-order valence-corrected chi connectivity index (χ1v) is 10.3. The molecule has 8 nitrogen and oxygen atoms in total. The minimum absolute atomic E-state index is 0.0376. The number of carbonyl (C=O) groups excluding carboxylic acids is 2. The minimum Gasteiger partial charge on any atom is -0.503 e. The van der Waals surface area contributed by atoms with Crippen LogP contribution in [0.15, 0.2) is 88.8 Å². The third-order valence-corrected chi connectivity index (χ3v) is 5.68. The number of hydrogen-bond donors (Lipinski definition) is 1. The first-order valence-electron chi connectivity index (χ1n) is 10.3. The van der Waals surface area contributed by atoms with E-state index in [0.717, 1.165) is 0 Å². The van der Waals surface area contributed by atoms with Crippen LogP contribution in [0.25, 0.3) is 11.0 Å². The number of aliphatic hydroxyl groups is 1. The Morgan fingerprint density at radius 2 is 1.97 bits per heavy atom. The number of furan rings is 1. The van der Waals surface area contributed by atoms with E-state index in [9.17, 15) is 14.7 Å². The molecule has 1 amide bonds. The first-order chi connectivity index (χ1) is 16.5. The van der Waals surface area contributed by atoms with Crippen molar-refractivity contribution in [3.05, 3.63) is 101 Å². The lowest BCUT2D eigenvalue weighted by Gasteiger charge is -2.26.